The van der Waals surface area contributed by atoms with Crippen LogP contribution in [-0.4, -0.2) is 36.4 Å². The first-order valence-corrected chi connectivity index (χ1v) is 9.84. The van der Waals surface area contributed by atoms with Crippen molar-refractivity contribution in [1.82, 2.24) is 10.2 Å². The van der Waals surface area contributed by atoms with E-state index in [1.54, 1.807) is 42.3 Å². The van der Waals surface area contributed by atoms with Crippen molar-refractivity contribution in [2.24, 2.45) is 5.92 Å². The predicted molar refractivity (Wildman–Crippen MR) is 116 cm³/mol. The smallest absolute Gasteiger partial charge is 0.253 e. The van der Waals surface area contributed by atoms with Crippen LogP contribution in [0.1, 0.15) is 29.8 Å². The Morgan fingerprint density at radius 2 is 1.83 bits per heavy atom. The molecule has 0 aliphatic heterocycles. The number of hydrogen-bond acceptors (Lipinski definition) is 3. The number of nitrogens with zero attached hydrogens (tertiary/aromatic N) is 1. The van der Waals surface area contributed by atoms with Crippen molar-refractivity contribution in [3.05, 3.63) is 77.3 Å². The Bertz CT molecular complexity index is 849. The van der Waals surface area contributed by atoms with Gasteiger partial charge >= 0.3 is 0 Å². The summed E-state index contributed by atoms with van der Waals surface area (Å²) >= 11 is 6.10. The third-order valence-electron chi connectivity index (χ3n) is 4.42. The van der Waals surface area contributed by atoms with Gasteiger partial charge in [-0.2, -0.15) is 0 Å². The van der Waals surface area contributed by atoms with E-state index in [2.05, 4.69) is 11.9 Å². The Balaban J connectivity index is 2.04. The van der Waals surface area contributed by atoms with Crippen molar-refractivity contribution in [3.63, 3.8) is 0 Å². The fourth-order valence-corrected chi connectivity index (χ4v) is 3.03. The van der Waals surface area contributed by atoms with Crippen LogP contribution < -0.4 is 10.1 Å². The second kappa shape index (κ2) is 10.7. The maximum atomic E-state index is 13.0. The first kappa shape index (κ1) is 22.5. The monoisotopic (exact) mass is 414 g/mol. The highest BCUT2D eigenvalue weighted by Crippen LogP contribution is 2.17. The van der Waals surface area contributed by atoms with E-state index in [4.69, 9.17) is 16.3 Å². The van der Waals surface area contributed by atoms with Crippen molar-refractivity contribution in [3.8, 4) is 5.75 Å². The van der Waals surface area contributed by atoms with Crippen LogP contribution in [0.2, 0.25) is 5.02 Å². The molecular formula is C23H27ClN2O3. The van der Waals surface area contributed by atoms with Crippen molar-refractivity contribution in [2.75, 3.05) is 13.7 Å². The molecule has 5 nitrogen and oxygen atoms in total. The summed E-state index contributed by atoms with van der Waals surface area (Å²) in [7, 11) is 1.72. The lowest BCUT2D eigenvalue weighted by Crippen LogP contribution is -2.50. The first-order chi connectivity index (χ1) is 13.8. The van der Waals surface area contributed by atoms with Crippen LogP contribution in [-0.2, 0) is 11.3 Å². The predicted octanol–water partition coefficient (Wildman–Crippen LogP) is 4.32. The Morgan fingerprint density at radius 3 is 2.41 bits per heavy atom. The second-order valence-corrected chi connectivity index (χ2v) is 7.52. The quantitative estimate of drug-likeness (QED) is 0.622. The van der Waals surface area contributed by atoms with Gasteiger partial charge in [-0.25, -0.2) is 0 Å². The number of likely N-dealkylation sites (N-methyl/N-ethyl adjacent to an activating group) is 1. The summed E-state index contributed by atoms with van der Waals surface area (Å²) in [5, 5.41) is 3.18. The van der Waals surface area contributed by atoms with Gasteiger partial charge in [0.05, 0.1) is 10.6 Å². The fraction of sp³-hybridized carbons (Fsp3) is 0.304. The third kappa shape index (κ3) is 6.36. The lowest BCUT2D eigenvalue weighted by molar-refractivity contribution is -0.133. The van der Waals surface area contributed by atoms with Crippen molar-refractivity contribution < 1.29 is 14.3 Å². The van der Waals surface area contributed by atoms with Gasteiger partial charge in [-0.3, -0.25) is 9.59 Å². The number of benzene rings is 2. The van der Waals surface area contributed by atoms with Crippen LogP contribution in [0, 0.1) is 5.92 Å². The number of carbonyl (C=O) groups excluding carboxylic acids is 2. The molecule has 0 aliphatic carbocycles. The molecule has 0 saturated carbocycles. The highest BCUT2D eigenvalue weighted by Gasteiger charge is 2.28. The molecule has 0 aromatic heterocycles. The zero-order chi connectivity index (χ0) is 21.4. The van der Waals surface area contributed by atoms with Crippen molar-refractivity contribution >= 4 is 23.4 Å². The van der Waals surface area contributed by atoms with E-state index in [1.807, 2.05) is 38.1 Å². The molecule has 0 heterocycles. The molecule has 0 unspecified atom stereocenters. The van der Waals surface area contributed by atoms with Crippen LogP contribution in [0.5, 0.6) is 5.75 Å². The average Bonchev–Trinajstić information content (AvgIpc) is 2.70. The van der Waals surface area contributed by atoms with E-state index in [0.29, 0.717) is 23.7 Å². The Morgan fingerprint density at radius 1 is 1.17 bits per heavy atom. The number of rotatable bonds is 9. The lowest BCUT2D eigenvalue weighted by atomic mass is 10.0. The molecule has 0 saturated heterocycles. The van der Waals surface area contributed by atoms with Crippen molar-refractivity contribution in [1.29, 1.82) is 0 Å². The van der Waals surface area contributed by atoms with E-state index in [1.165, 1.54) is 0 Å². The molecule has 1 N–H and O–H groups in total. The largest absolute Gasteiger partial charge is 0.490 e. The third-order valence-corrected chi connectivity index (χ3v) is 4.75. The molecule has 6 heteroatoms. The SMILES string of the molecule is C=CCOc1ccc(CN(C)C(=O)[C@@H](NC(=O)c2ccccc2Cl)C(C)C)cc1. The maximum Gasteiger partial charge on any atom is 0.253 e. The van der Waals surface area contributed by atoms with E-state index in [9.17, 15) is 9.59 Å². The number of ether oxygens (including phenoxy) is 1. The van der Waals surface area contributed by atoms with E-state index >= 15 is 0 Å². The van der Waals surface area contributed by atoms with E-state index in [0.717, 1.165) is 11.3 Å². The molecule has 0 spiro atoms. The highest BCUT2D eigenvalue weighted by molar-refractivity contribution is 6.33. The molecule has 154 valence electrons. The number of amides is 2. The van der Waals surface area contributed by atoms with Crippen LogP contribution in [0.4, 0.5) is 0 Å². The van der Waals surface area contributed by atoms with E-state index < -0.39 is 6.04 Å². The van der Waals surface area contributed by atoms with Gasteiger partial charge in [0, 0.05) is 13.6 Å². The van der Waals surface area contributed by atoms with E-state index in [-0.39, 0.29) is 17.7 Å². The Kier molecular flexibility index (Phi) is 8.28. The van der Waals surface area contributed by atoms with Gasteiger partial charge < -0.3 is 15.0 Å². The first-order valence-electron chi connectivity index (χ1n) is 9.46. The molecule has 0 radical (unpaired) electrons. The molecule has 2 amide bonds. The van der Waals surface area contributed by atoms with Crippen LogP contribution in [0.25, 0.3) is 0 Å². The zero-order valence-electron chi connectivity index (χ0n) is 17.0. The van der Waals surface area contributed by atoms with Crippen LogP contribution >= 0.6 is 11.6 Å². The average molecular weight is 415 g/mol. The van der Waals surface area contributed by atoms with Gasteiger partial charge in [-0.05, 0) is 35.7 Å². The summed E-state index contributed by atoms with van der Waals surface area (Å²) in [6.45, 7) is 8.28. The normalized spacial score (nSPS) is 11.6. The molecule has 2 aromatic rings. The molecule has 29 heavy (non-hydrogen) atoms. The summed E-state index contributed by atoms with van der Waals surface area (Å²) in [6.07, 6.45) is 1.68. The van der Waals surface area contributed by atoms with Crippen LogP contribution in [0.15, 0.2) is 61.2 Å². The number of hydrogen-bond donors (Lipinski definition) is 1. The minimum Gasteiger partial charge on any atom is -0.490 e. The molecule has 0 fully saturated rings. The Labute approximate surface area is 177 Å². The van der Waals surface area contributed by atoms with Gasteiger partial charge in [0.2, 0.25) is 5.91 Å². The summed E-state index contributed by atoms with van der Waals surface area (Å²) in [5.41, 5.74) is 1.32. The molecule has 2 aromatic carbocycles. The standard InChI is InChI=1S/C23H27ClN2O3/c1-5-14-29-18-12-10-17(11-13-18)15-26(4)23(28)21(16(2)3)25-22(27)19-8-6-7-9-20(19)24/h5-13,16,21H,1,14-15H2,2-4H3,(H,25,27)/t21-/m0/s1. The molecule has 1 atom stereocenters. The minimum atomic E-state index is -0.654. The van der Waals surface area contributed by atoms with Crippen LogP contribution in [0.3, 0.4) is 0 Å². The maximum absolute atomic E-state index is 13.0. The molecular weight excluding hydrogens is 388 g/mol. The second-order valence-electron chi connectivity index (χ2n) is 7.11. The summed E-state index contributed by atoms with van der Waals surface area (Å²) in [4.78, 5) is 27.2. The summed E-state index contributed by atoms with van der Waals surface area (Å²) in [6, 6.07) is 13.7. The molecule has 2 rings (SSSR count). The fourth-order valence-electron chi connectivity index (χ4n) is 2.81. The van der Waals surface area contributed by atoms with Gasteiger partial charge in [0.1, 0.15) is 18.4 Å². The minimum absolute atomic E-state index is 0.0777. The zero-order valence-corrected chi connectivity index (χ0v) is 17.8. The molecule has 0 bridgehead atoms. The summed E-state index contributed by atoms with van der Waals surface area (Å²) in [5.74, 6) is 0.146. The lowest BCUT2D eigenvalue weighted by Gasteiger charge is -2.27. The van der Waals surface area contributed by atoms with Gasteiger partial charge in [0.25, 0.3) is 5.91 Å². The number of halogens is 1. The Hall–Kier alpha value is -2.79. The van der Waals surface area contributed by atoms with Gasteiger partial charge in [0.15, 0.2) is 0 Å². The van der Waals surface area contributed by atoms with Gasteiger partial charge in [-0.15, -0.1) is 0 Å². The topological polar surface area (TPSA) is 58.6 Å². The molecule has 0 aliphatic rings. The number of carbonyl (C=O) groups is 2. The van der Waals surface area contributed by atoms with Gasteiger partial charge in [-0.1, -0.05) is 62.4 Å². The number of nitrogens with one attached hydrogen (secondary N) is 1. The van der Waals surface area contributed by atoms with Crippen molar-refractivity contribution in [2.45, 2.75) is 26.4 Å². The summed E-state index contributed by atoms with van der Waals surface area (Å²) < 4.78 is 5.47. The highest BCUT2D eigenvalue weighted by atomic mass is 35.5.